The second kappa shape index (κ2) is 22.8. The molecule has 3 heterocycles. The Morgan fingerprint density at radius 3 is 1.03 bits per heavy atom. The van der Waals surface area contributed by atoms with Crippen molar-refractivity contribution in [3.63, 3.8) is 0 Å². The summed E-state index contributed by atoms with van der Waals surface area (Å²) < 4.78 is 149. The molecule has 0 atom stereocenters. The summed E-state index contributed by atoms with van der Waals surface area (Å²) in [5, 5.41) is 11.4. The first kappa shape index (κ1) is 53.4. The van der Waals surface area contributed by atoms with Gasteiger partial charge >= 0.3 is 12.4 Å². The lowest BCUT2D eigenvalue weighted by Gasteiger charge is -2.14. The van der Waals surface area contributed by atoms with Crippen LogP contribution in [0.25, 0.3) is 17.1 Å². The fraction of sp³-hybridized carbons (Fsp3) is 0.368. The van der Waals surface area contributed by atoms with Crippen LogP contribution in [-0.4, -0.2) is 66.8 Å². The monoisotopic (exact) mass is 1070 g/mol. The molecule has 3 aromatic heterocycles. The molecule has 0 aliphatic heterocycles. The molecule has 0 radical (unpaired) electrons. The van der Waals surface area contributed by atoms with Crippen molar-refractivity contribution in [2.24, 2.45) is 0 Å². The second-order valence-electron chi connectivity index (χ2n) is 13.1. The maximum absolute atomic E-state index is 12.9. The van der Waals surface area contributed by atoms with E-state index in [4.69, 9.17) is 0 Å². The zero-order chi connectivity index (χ0) is 46.3. The Morgan fingerprint density at radius 1 is 0.492 bits per heavy atom. The number of benzene rings is 3. The van der Waals surface area contributed by atoms with Gasteiger partial charge in [-0.25, -0.2) is 55.3 Å². The highest BCUT2D eigenvalue weighted by molar-refractivity contribution is 14.1. The van der Waals surface area contributed by atoms with Crippen LogP contribution in [-0.2, 0) is 0 Å². The highest BCUT2D eigenvalue weighted by Crippen LogP contribution is 2.43. The van der Waals surface area contributed by atoms with Crippen molar-refractivity contribution in [3.05, 3.63) is 106 Å². The molecule has 0 bridgehead atoms. The number of thioether (sulfide) groups is 1. The Labute approximate surface area is 379 Å². The van der Waals surface area contributed by atoms with Gasteiger partial charge in [-0.05, 0) is 93.1 Å². The second-order valence-corrected chi connectivity index (χ2v) is 17.1. The number of nitrogens with zero attached hydrogens (tertiary/aromatic N) is 9. The summed E-state index contributed by atoms with van der Waals surface area (Å²) in [6.07, 6.45) is -12.8. The standard InChI is InChI=1S/C22H20F4N6S2.C13H12F5N3S.C2H2F3I.CH4/c1-11-5-13(3)17(7-15(11)31-9-27-21(29-31)19(23)24)33-34-18-8-16(12(2)6-14(18)4)32-10-28-22(30-32)20(25)26;1-7-3-8(2)10(22-5-13(16,17)18)4-9(7)21-6-19-12(20-21)11(14)15;3-2(4,5)1-6;/h5-10,19-20H,1-4H3;3-4,6,11H,5H2,1-2H3;1H2;1H4. The van der Waals surface area contributed by atoms with Crippen molar-refractivity contribution in [1.82, 2.24) is 44.3 Å². The number of alkyl halides is 13. The smallest absolute Gasteiger partial charge is 0.220 e. The van der Waals surface area contributed by atoms with Gasteiger partial charge in [0.15, 0.2) is 0 Å². The van der Waals surface area contributed by atoms with E-state index < -0.39 is 59.3 Å². The Balaban J connectivity index is 0.000000313. The Kier molecular flexibility index (Phi) is 19.3. The van der Waals surface area contributed by atoms with Crippen molar-refractivity contribution < 1.29 is 52.7 Å². The van der Waals surface area contributed by atoms with Gasteiger partial charge in [0.1, 0.15) is 19.0 Å². The zero-order valence-electron chi connectivity index (χ0n) is 33.0. The largest absolute Gasteiger partial charge is 0.398 e. The van der Waals surface area contributed by atoms with Crippen molar-refractivity contribution in [2.45, 2.75) is 95.3 Å². The van der Waals surface area contributed by atoms with Gasteiger partial charge in [-0.3, -0.25) is 0 Å². The molecule has 0 amide bonds. The summed E-state index contributed by atoms with van der Waals surface area (Å²) >= 11 is 1.92. The first-order valence-corrected chi connectivity index (χ1v) is 22.1. The molecule has 0 N–H and O–H groups in total. The van der Waals surface area contributed by atoms with E-state index in [9.17, 15) is 52.7 Å². The number of halogens is 13. The summed E-state index contributed by atoms with van der Waals surface area (Å²) in [7, 11) is 3.01. The van der Waals surface area contributed by atoms with Crippen LogP contribution in [0.4, 0.5) is 52.7 Å². The van der Waals surface area contributed by atoms with E-state index in [2.05, 4.69) is 30.2 Å². The van der Waals surface area contributed by atoms with Crippen molar-refractivity contribution in [1.29, 1.82) is 0 Å². The molecule has 25 heteroatoms. The number of aryl methyl sites for hydroxylation is 6. The Morgan fingerprint density at radius 2 is 0.778 bits per heavy atom. The predicted octanol–water partition coefficient (Wildman–Crippen LogP) is 13.9. The van der Waals surface area contributed by atoms with Crippen LogP contribution in [0.15, 0.2) is 70.1 Å². The van der Waals surface area contributed by atoms with Gasteiger partial charge < -0.3 is 0 Å². The maximum Gasteiger partial charge on any atom is 0.398 e. The van der Waals surface area contributed by atoms with Gasteiger partial charge in [0.25, 0.3) is 19.3 Å². The number of rotatable bonds is 11. The third-order valence-electron chi connectivity index (χ3n) is 8.10. The van der Waals surface area contributed by atoms with Crippen LogP contribution >= 0.6 is 55.9 Å². The molecule has 0 saturated carbocycles. The van der Waals surface area contributed by atoms with Crippen LogP contribution in [0.2, 0.25) is 0 Å². The van der Waals surface area contributed by atoms with E-state index in [1.165, 1.54) is 72.3 Å². The Hall–Kier alpha value is -3.98. The molecule has 6 rings (SSSR count). The SMILES string of the molecule is C.Cc1cc(C)c(-n2cnc(C(F)F)n2)cc1SCC(F)(F)F.Cc1cc(C)c(-n2cnc(C(F)F)n2)cc1SSc1cc(-n2cnc(C(F)F)n2)c(C)cc1C.FC(F)(F)CI. The summed E-state index contributed by atoms with van der Waals surface area (Å²) in [6.45, 7) is 11.1. The zero-order valence-corrected chi connectivity index (χ0v) is 37.6. The van der Waals surface area contributed by atoms with Crippen LogP contribution in [0.5, 0.6) is 0 Å². The van der Waals surface area contributed by atoms with Crippen molar-refractivity contribution >= 4 is 55.9 Å². The lowest BCUT2D eigenvalue weighted by atomic mass is 10.1. The first-order chi connectivity index (χ1) is 28.9. The highest BCUT2D eigenvalue weighted by atomic mass is 127. The average molecular weight is 1070 g/mol. The third kappa shape index (κ3) is 15.3. The van der Waals surface area contributed by atoms with Crippen LogP contribution in [0.3, 0.4) is 0 Å². The van der Waals surface area contributed by atoms with E-state index in [1.807, 2.05) is 52.0 Å². The lowest BCUT2D eigenvalue weighted by molar-refractivity contribution is -0.105. The minimum absolute atomic E-state index is 0. The summed E-state index contributed by atoms with van der Waals surface area (Å²) in [6, 6.07) is 10.9. The van der Waals surface area contributed by atoms with E-state index in [0.29, 0.717) is 44.8 Å². The molecule has 344 valence electrons. The van der Waals surface area contributed by atoms with E-state index in [1.54, 1.807) is 19.9 Å². The summed E-state index contributed by atoms with van der Waals surface area (Å²) in [5.41, 5.74) is 6.96. The highest BCUT2D eigenvalue weighted by Gasteiger charge is 2.28. The molecule has 0 spiro atoms. The summed E-state index contributed by atoms with van der Waals surface area (Å²) in [5.74, 6) is -2.68. The van der Waals surface area contributed by atoms with Crippen molar-refractivity contribution in [3.8, 4) is 17.1 Å². The van der Waals surface area contributed by atoms with Crippen LogP contribution in [0, 0.1) is 41.5 Å². The van der Waals surface area contributed by atoms with Gasteiger partial charge in [0.2, 0.25) is 17.5 Å². The molecule has 0 aliphatic carbocycles. The van der Waals surface area contributed by atoms with Crippen LogP contribution < -0.4 is 0 Å². The number of aromatic nitrogens is 9. The molecular weight excluding hydrogens is 1030 g/mol. The van der Waals surface area contributed by atoms with Gasteiger partial charge in [0.05, 0.1) is 27.2 Å². The molecule has 6 aromatic rings. The average Bonchev–Trinajstić information content (AvgIpc) is 3.97. The van der Waals surface area contributed by atoms with E-state index in [-0.39, 0.29) is 7.43 Å². The first-order valence-electron chi connectivity index (χ1n) is 17.5. The molecule has 63 heavy (non-hydrogen) atoms. The molecule has 0 saturated heterocycles. The normalized spacial score (nSPS) is 11.7. The molecule has 0 fully saturated rings. The predicted molar refractivity (Wildman–Crippen MR) is 228 cm³/mol. The third-order valence-corrected chi connectivity index (χ3v) is 12.8. The van der Waals surface area contributed by atoms with Gasteiger partial charge in [-0.15, -0.1) is 27.1 Å². The fourth-order valence-electron chi connectivity index (χ4n) is 5.27. The lowest BCUT2D eigenvalue weighted by Crippen LogP contribution is -2.11. The molecule has 9 nitrogen and oxygen atoms in total. The number of hydrogen-bond acceptors (Lipinski definition) is 9. The van der Waals surface area contributed by atoms with E-state index >= 15 is 0 Å². The number of hydrogen-bond donors (Lipinski definition) is 0. The van der Waals surface area contributed by atoms with Gasteiger partial charge in [0, 0.05) is 14.7 Å². The maximum atomic E-state index is 12.9. The molecule has 0 aliphatic rings. The quantitative estimate of drug-likeness (QED) is 0.0413. The van der Waals surface area contributed by atoms with Gasteiger partial charge in [-0.1, -0.05) is 69.8 Å². The molecule has 3 aromatic carbocycles. The minimum Gasteiger partial charge on any atom is -0.220 e. The minimum atomic E-state index is -4.28. The molecular formula is C38H38F12IN9S3. The van der Waals surface area contributed by atoms with E-state index in [0.717, 1.165) is 43.1 Å². The van der Waals surface area contributed by atoms with Gasteiger partial charge in [-0.2, -0.15) is 26.3 Å². The fourth-order valence-corrected chi connectivity index (χ4v) is 8.56. The Bertz CT molecular complexity index is 2330. The molecule has 0 unspecified atom stereocenters. The topological polar surface area (TPSA) is 92.1 Å². The van der Waals surface area contributed by atoms with Crippen molar-refractivity contribution in [2.75, 3.05) is 10.2 Å². The van der Waals surface area contributed by atoms with Crippen LogP contribution in [0.1, 0.15) is 77.6 Å². The summed E-state index contributed by atoms with van der Waals surface area (Å²) in [4.78, 5) is 13.1.